The van der Waals surface area contributed by atoms with Crippen molar-refractivity contribution in [3.05, 3.63) is 11.4 Å². The molecule has 0 aromatic carbocycles. The molecule has 0 aliphatic heterocycles. The lowest BCUT2D eigenvalue weighted by Gasteiger charge is -2.11. The van der Waals surface area contributed by atoms with E-state index < -0.39 is 0 Å². The van der Waals surface area contributed by atoms with Crippen LogP contribution in [0.4, 0.5) is 5.69 Å². The van der Waals surface area contributed by atoms with Gasteiger partial charge in [-0.3, -0.25) is 9.48 Å². The van der Waals surface area contributed by atoms with Crippen LogP contribution in [0.3, 0.4) is 0 Å². The molecule has 0 radical (unpaired) electrons. The first-order valence-corrected chi connectivity index (χ1v) is 6.64. The van der Waals surface area contributed by atoms with Crippen LogP contribution >= 0.6 is 0 Å². The van der Waals surface area contributed by atoms with E-state index >= 15 is 0 Å². The summed E-state index contributed by atoms with van der Waals surface area (Å²) in [4.78, 5) is 12.1. The molecule has 1 aromatic heterocycles. The molecule has 100 valence electrons. The van der Waals surface area contributed by atoms with Gasteiger partial charge in [-0.2, -0.15) is 5.10 Å². The van der Waals surface area contributed by atoms with Crippen LogP contribution < -0.4 is 11.1 Å². The first-order valence-electron chi connectivity index (χ1n) is 6.64. The molecule has 1 aliphatic carbocycles. The van der Waals surface area contributed by atoms with Gasteiger partial charge in [0.15, 0.2) is 0 Å². The third kappa shape index (κ3) is 2.49. The van der Waals surface area contributed by atoms with E-state index in [4.69, 9.17) is 5.73 Å². The molecule has 0 saturated heterocycles. The van der Waals surface area contributed by atoms with Gasteiger partial charge in [-0.15, -0.1) is 0 Å². The van der Waals surface area contributed by atoms with Crippen molar-refractivity contribution < 1.29 is 4.79 Å². The highest BCUT2D eigenvalue weighted by Gasteiger charge is 2.28. The molecule has 1 unspecified atom stereocenters. The van der Waals surface area contributed by atoms with Gasteiger partial charge < -0.3 is 11.1 Å². The van der Waals surface area contributed by atoms with E-state index in [1.54, 1.807) is 11.7 Å². The lowest BCUT2D eigenvalue weighted by atomic mass is 10.1. The third-order valence-corrected chi connectivity index (χ3v) is 3.72. The Hall–Kier alpha value is -1.52. The molecule has 18 heavy (non-hydrogen) atoms. The minimum atomic E-state index is -0.116. The molecule has 3 N–H and O–H groups in total. The molecule has 1 atom stereocenters. The van der Waals surface area contributed by atoms with Crippen LogP contribution in [-0.4, -0.2) is 22.2 Å². The number of hydrogen-bond donors (Lipinski definition) is 2. The standard InChI is InChI=1S/C13H22N4O/c1-4-10-11(14)12(17(3)16-10)13(18)15-7-8(2)9-5-6-9/h8-9H,4-7,14H2,1-3H3,(H,15,18). The highest BCUT2D eigenvalue weighted by Crippen LogP contribution is 2.36. The van der Waals surface area contributed by atoms with Crippen LogP contribution in [0, 0.1) is 11.8 Å². The second kappa shape index (κ2) is 5.00. The molecule has 5 nitrogen and oxygen atoms in total. The predicted octanol–water partition coefficient (Wildman–Crippen LogP) is 1.34. The maximum atomic E-state index is 12.1. The summed E-state index contributed by atoms with van der Waals surface area (Å²) >= 11 is 0. The fourth-order valence-corrected chi connectivity index (χ4v) is 2.30. The van der Waals surface area contributed by atoms with Crippen molar-refractivity contribution in [2.24, 2.45) is 18.9 Å². The van der Waals surface area contributed by atoms with Crippen molar-refractivity contribution in [2.75, 3.05) is 12.3 Å². The fourth-order valence-electron chi connectivity index (χ4n) is 2.30. The van der Waals surface area contributed by atoms with Gasteiger partial charge in [-0.25, -0.2) is 0 Å². The number of nitrogens with zero attached hydrogens (tertiary/aromatic N) is 2. The molecule has 1 aromatic rings. The van der Waals surface area contributed by atoms with E-state index in [0.29, 0.717) is 17.3 Å². The average molecular weight is 250 g/mol. The molecular weight excluding hydrogens is 228 g/mol. The van der Waals surface area contributed by atoms with Crippen molar-refractivity contribution >= 4 is 11.6 Å². The fraction of sp³-hybridized carbons (Fsp3) is 0.692. The topological polar surface area (TPSA) is 72.9 Å². The number of nitrogens with one attached hydrogen (secondary N) is 1. The number of nitrogen functional groups attached to an aromatic ring is 1. The van der Waals surface area contributed by atoms with E-state index in [0.717, 1.165) is 24.6 Å². The molecule has 1 amide bonds. The summed E-state index contributed by atoms with van der Waals surface area (Å²) < 4.78 is 1.57. The number of nitrogens with two attached hydrogens (primary N) is 1. The van der Waals surface area contributed by atoms with E-state index in [9.17, 15) is 4.79 Å². The summed E-state index contributed by atoms with van der Waals surface area (Å²) in [6, 6.07) is 0. The van der Waals surface area contributed by atoms with Gasteiger partial charge in [-0.1, -0.05) is 13.8 Å². The van der Waals surface area contributed by atoms with E-state index in [-0.39, 0.29) is 5.91 Å². The molecule has 1 saturated carbocycles. The van der Waals surface area contributed by atoms with Crippen molar-refractivity contribution in [1.29, 1.82) is 0 Å². The second-order valence-electron chi connectivity index (χ2n) is 5.21. The Morgan fingerprint density at radius 2 is 2.28 bits per heavy atom. The van der Waals surface area contributed by atoms with Gasteiger partial charge in [0.2, 0.25) is 0 Å². The molecule has 1 heterocycles. The Kier molecular flexibility index (Phi) is 3.59. The van der Waals surface area contributed by atoms with Crippen molar-refractivity contribution in [3.8, 4) is 0 Å². The highest BCUT2D eigenvalue weighted by atomic mass is 16.2. The largest absolute Gasteiger partial charge is 0.395 e. The van der Waals surface area contributed by atoms with Gasteiger partial charge >= 0.3 is 0 Å². The van der Waals surface area contributed by atoms with Crippen LogP contribution in [0.1, 0.15) is 42.9 Å². The zero-order valence-electron chi connectivity index (χ0n) is 11.4. The summed E-state index contributed by atoms with van der Waals surface area (Å²) in [7, 11) is 1.76. The third-order valence-electron chi connectivity index (χ3n) is 3.72. The minimum absolute atomic E-state index is 0.116. The summed E-state index contributed by atoms with van der Waals surface area (Å²) in [5, 5.41) is 7.21. The van der Waals surface area contributed by atoms with E-state index in [1.165, 1.54) is 12.8 Å². The van der Waals surface area contributed by atoms with Gasteiger partial charge in [0.1, 0.15) is 5.69 Å². The van der Waals surface area contributed by atoms with Gasteiger partial charge in [-0.05, 0) is 31.1 Å². The summed E-state index contributed by atoms with van der Waals surface area (Å²) in [6.45, 7) is 4.88. The zero-order valence-corrected chi connectivity index (χ0v) is 11.4. The Labute approximate surface area is 108 Å². The maximum Gasteiger partial charge on any atom is 0.271 e. The Morgan fingerprint density at radius 3 is 2.78 bits per heavy atom. The quantitative estimate of drug-likeness (QED) is 0.828. The zero-order chi connectivity index (χ0) is 13.3. The number of rotatable bonds is 5. The molecule has 1 fully saturated rings. The Bertz CT molecular complexity index is 448. The molecule has 1 aliphatic rings. The number of carbonyl (C=O) groups is 1. The van der Waals surface area contributed by atoms with Crippen LogP contribution in [0.25, 0.3) is 0 Å². The minimum Gasteiger partial charge on any atom is -0.395 e. The summed E-state index contributed by atoms with van der Waals surface area (Å²) in [6.07, 6.45) is 3.33. The lowest BCUT2D eigenvalue weighted by Crippen LogP contribution is -2.31. The summed E-state index contributed by atoms with van der Waals surface area (Å²) in [5.41, 5.74) is 7.73. The smallest absolute Gasteiger partial charge is 0.271 e. The van der Waals surface area contributed by atoms with Crippen molar-refractivity contribution in [3.63, 3.8) is 0 Å². The molecule has 0 spiro atoms. The number of carbonyl (C=O) groups excluding carboxylic acids is 1. The number of anilines is 1. The monoisotopic (exact) mass is 250 g/mol. The normalized spacial score (nSPS) is 16.6. The summed E-state index contributed by atoms with van der Waals surface area (Å²) in [5.74, 6) is 1.23. The van der Waals surface area contributed by atoms with Gasteiger partial charge in [0.25, 0.3) is 5.91 Å². The van der Waals surface area contributed by atoms with Crippen LogP contribution in [-0.2, 0) is 13.5 Å². The molecule has 0 bridgehead atoms. The predicted molar refractivity (Wildman–Crippen MR) is 71.2 cm³/mol. The number of aryl methyl sites for hydroxylation is 2. The Balaban J connectivity index is 2.01. The number of hydrogen-bond acceptors (Lipinski definition) is 3. The van der Waals surface area contributed by atoms with Crippen LogP contribution in [0.5, 0.6) is 0 Å². The lowest BCUT2D eigenvalue weighted by molar-refractivity contribution is 0.0938. The first-order chi connectivity index (χ1) is 8.54. The molecular formula is C13H22N4O. The maximum absolute atomic E-state index is 12.1. The Morgan fingerprint density at radius 1 is 1.61 bits per heavy atom. The van der Waals surface area contributed by atoms with Crippen molar-refractivity contribution in [1.82, 2.24) is 15.1 Å². The molecule has 2 rings (SSSR count). The van der Waals surface area contributed by atoms with Crippen LogP contribution in [0.15, 0.2) is 0 Å². The SMILES string of the molecule is CCc1nn(C)c(C(=O)NCC(C)C2CC2)c1N. The van der Waals surface area contributed by atoms with Crippen molar-refractivity contribution in [2.45, 2.75) is 33.1 Å². The molecule has 5 heteroatoms. The number of amides is 1. The second-order valence-corrected chi connectivity index (χ2v) is 5.21. The average Bonchev–Trinajstić information content (AvgIpc) is 3.13. The van der Waals surface area contributed by atoms with E-state index in [2.05, 4.69) is 17.3 Å². The van der Waals surface area contributed by atoms with Gasteiger partial charge in [0, 0.05) is 13.6 Å². The van der Waals surface area contributed by atoms with Gasteiger partial charge in [0.05, 0.1) is 11.4 Å². The van der Waals surface area contributed by atoms with Crippen LogP contribution in [0.2, 0.25) is 0 Å². The number of aromatic nitrogens is 2. The highest BCUT2D eigenvalue weighted by molar-refractivity contribution is 5.97. The van der Waals surface area contributed by atoms with E-state index in [1.807, 2.05) is 6.92 Å². The first kappa shape index (κ1) is 12.9.